The molecule has 0 atom stereocenters. The van der Waals surface area contributed by atoms with Gasteiger partial charge in [0.25, 0.3) is 5.56 Å². The van der Waals surface area contributed by atoms with Crippen LogP contribution in [0.15, 0.2) is 69.2 Å². The van der Waals surface area contributed by atoms with Gasteiger partial charge in [0.05, 0.1) is 17.1 Å². The third-order valence-electron chi connectivity index (χ3n) is 3.63. The molecule has 0 saturated carbocycles. The predicted octanol–water partition coefficient (Wildman–Crippen LogP) is 1.95. The highest BCUT2D eigenvalue weighted by Gasteiger charge is 2.17. The Morgan fingerprint density at radius 1 is 1.12 bits per heavy atom. The van der Waals surface area contributed by atoms with Crippen LogP contribution in [0.1, 0.15) is 12.5 Å². The van der Waals surface area contributed by atoms with E-state index in [1.807, 2.05) is 0 Å². The number of aliphatic imine (C=N–C) groups is 1. The highest BCUT2D eigenvalue weighted by Crippen LogP contribution is 2.20. The number of nitrogens with two attached hydrogens (primary N) is 1. The van der Waals surface area contributed by atoms with Gasteiger partial charge in [-0.3, -0.25) is 14.8 Å². The molecule has 0 bridgehead atoms. The Bertz CT molecular complexity index is 1070. The Labute approximate surface area is 142 Å². The summed E-state index contributed by atoms with van der Waals surface area (Å²) < 4.78 is 1.02. The summed E-state index contributed by atoms with van der Waals surface area (Å²) >= 11 is 0. The number of hydrogen-bond acceptors (Lipinski definition) is 5. The molecule has 0 radical (unpaired) electrons. The molecule has 0 aliphatic rings. The van der Waals surface area contributed by atoms with Crippen molar-refractivity contribution < 1.29 is 5.11 Å². The van der Waals surface area contributed by atoms with Crippen molar-refractivity contribution in [3.8, 4) is 11.6 Å². The van der Waals surface area contributed by atoms with Gasteiger partial charge >= 0.3 is 5.69 Å². The van der Waals surface area contributed by atoms with Crippen molar-refractivity contribution in [1.29, 1.82) is 0 Å². The number of hydrogen-bond donors (Lipinski definition) is 3. The van der Waals surface area contributed by atoms with Crippen molar-refractivity contribution >= 4 is 17.1 Å². The number of aromatic amines is 1. The van der Waals surface area contributed by atoms with Crippen LogP contribution >= 0.6 is 0 Å². The SMILES string of the molecule is CC(=Nc1cccc(N)c1)c1c(O)n(-c2ccccc2)c(=O)[nH]c1=O. The number of rotatable bonds is 3. The third kappa shape index (κ3) is 3.20. The van der Waals surface area contributed by atoms with E-state index in [4.69, 9.17) is 5.73 Å². The Kier molecular flexibility index (Phi) is 4.21. The second-order valence-electron chi connectivity index (χ2n) is 5.42. The number of nitrogen functional groups attached to an aromatic ring is 1. The lowest BCUT2D eigenvalue weighted by atomic mass is 10.2. The van der Waals surface area contributed by atoms with Gasteiger partial charge in [-0.15, -0.1) is 0 Å². The molecular weight excluding hydrogens is 320 g/mol. The van der Waals surface area contributed by atoms with Crippen LogP contribution in [-0.4, -0.2) is 20.4 Å². The van der Waals surface area contributed by atoms with Gasteiger partial charge in [0.1, 0.15) is 5.56 Å². The number of aromatic hydroxyl groups is 1. The fraction of sp³-hybridized carbons (Fsp3) is 0.0556. The van der Waals surface area contributed by atoms with Crippen molar-refractivity contribution in [2.45, 2.75) is 6.92 Å². The number of benzene rings is 2. The molecule has 3 rings (SSSR count). The molecule has 0 unspecified atom stereocenters. The van der Waals surface area contributed by atoms with Crippen molar-refractivity contribution in [2.75, 3.05) is 5.73 Å². The summed E-state index contributed by atoms with van der Waals surface area (Å²) in [5.74, 6) is -0.467. The number of nitrogens with one attached hydrogen (secondary N) is 1. The first-order valence-corrected chi connectivity index (χ1v) is 7.52. The number of H-pyrrole nitrogens is 1. The fourth-order valence-electron chi connectivity index (χ4n) is 2.51. The van der Waals surface area contributed by atoms with E-state index in [2.05, 4.69) is 9.98 Å². The van der Waals surface area contributed by atoms with Gasteiger partial charge in [0.2, 0.25) is 5.88 Å². The molecule has 4 N–H and O–H groups in total. The van der Waals surface area contributed by atoms with E-state index in [0.717, 1.165) is 4.57 Å². The van der Waals surface area contributed by atoms with E-state index < -0.39 is 17.1 Å². The molecule has 126 valence electrons. The number of anilines is 1. The molecule has 0 aliphatic heterocycles. The van der Waals surface area contributed by atoms with Crippen LogP contribution in [0.2, 0.25) is 0 Å². The number of nitrogens with zero attached hydrogens (tertiary/aromatic N) is 2. The van der Waals surface area contributed by atoms with Gasteiger partial charge < -0.3 is 10.8 Å². The van der Waals surface area contributed by atoms with Crippen LogP contribution in [0.4, 0.5) is 11.4 Å². The molecule has 0 fully saturated rings. The molecule has 7 heteroatoms. The molecule has 7 nitrogen and oxygen atoms in total. The Balaban J connectivity index is 2.20. The number of para-hydroxylation sites is 1. The highest BCUT2D eigenvalue weighted by atomic mass is 16.3. The average molecular weight is 336 g/mol. The van der Waals surface area contributed by atoms with Gasteiger partial charge in [-0.1, -0.05) is 24.3 Å². The van der Waals surface area contributed by atoms with Crippen LogP contribution < -0.4 is 17.0 Å². The predicted molar refractivity (Wildman–Crippen MR) is 97.0 cm³/mol. The monoisotopic (exact) mass is 336 g/mol. The zero-order valence-electron chi connectivity index (χ0n) is 13.4. The summed E-state index contributed by atoms with van der Waals surface area (Å²) in [6.07, 6.45) is 0. The van der Waals surface area contributed by atoms with Gasteiger partial charge in [-0.25, -0.2) is 9.36 Å². The second-order valence-corrected chi connectivity index (χ2v) is 5.42. The molecule has 25 heavy (non-hydrogen) atoms. The van der Waals surface area contributed by atoms with E-state index in [1.165, 1.54) is 0 Å². The van der Waals surface area contributed by atoms with Crippen LogP contribution in [-0.2, 0) is 0 Å². The first kappa shape index (κ1) is 16.3. The van der Waals surface area contributed by atoms with E-state index in [9.17, 15) is 14.7 Å². The molecule has 0 saturated heterocycles. The minimum atomic E-state index is -0.728. The van der Waals surface area contributed by atoms with E-state index in [-0.39, 0.29) is 11.3 Å². The maximum Gasteiger partial charge on any atom is 0.335 e. The lowest BCUT2D eigenvalue weighted by Crippen LogP contribution is -2.32. The van der Waals surface area contributed by atoms with Gasteiger partial charge in [0, 0.05) is 5.69 Å². The van der Waals surface area contributed by atoms with Crippen molar-refractivity contribution in [3.63, 3.8) is 0 Å². The molecular formula is C18H16N4O3. The normalized spacial score (nSPS) is 11.5. The molecule has 0 spiro atoms. The van der Waals surface area contributed by atoms with Gasteiger partial charge in [-0.05, 0) is 37.3 Å². The lowest BCUT2D eigenvalue weighted by molar-refractivity contribution is 0.430. The smallest absolute Gasteiger partial charge is 0.335 e. The van der Waals surface area contributed by atoms with Crippen molar-refractivity contribution in [1.82, 2.24) is 9.55 Å². The van der Waals surface area contributed by atoms with Crippen LogP contribution in [0.5, 0.6) is 5.88 Å². The zero-order valence-corrected chi connectivity index (χ0v) is 13.4. The molecule has 1 aromatic heterocycles. The van der Waals surface area contributed by atoms with E-state index in [0.29, 0.717) is 17.1 Å². The maximum atomic E-state index is 12.2. The van der Waals surface area contributed by atoms with Gasteiger partial charge in [0.15, 0.2) is 0 Å². The summed E-state index contributed by atoms with van der Waals surface area (Å²) in [4.78, 5) is 30.9. The highest BCUT2D eigenvalue weighted by molar-refractivity contribution is 6.01. The van der Waals surface area contributed by atoms with Crippen LogP contribution in [0.25, 0.3) is 5.69 Å². The largest absolute Gasteiger partial charge is 0.493 e. The first-order valence-electron chi connectivity index (χ1n) is 7.52. The third-order valence-corrected chi connectivity index (χ3v) is 3.63. The molecule has 0 aliphatic carbocycles. The molecule has 0 amide bonds. The number of aromatic nitrogens is 2. The Morgan fingerprint density at radius 2 is 1.84 bits per heavy atom. The van der Waals surface area contributed by atoms with Crippen LogP contribution in [0.3, 0.4) is 0 Å². The lowest BCUT2D eigenvalue weighted by Gasteiger charge is -2.11. The molecule has 1 heterocycles. The summed E-state index contributed by atoms with van der Waals surface area (Å²) in [6, 6.07) is 15.3. The maximum absolute atomic E-state index is 12.2. The quantitative estimate of drug-likeness (QED) is 0.501. The Hall–Kier alpha value is -3.61. The summed E-state index contributed by atoms with van der Waals surface area (Å²) in [5.41, 5.74) is 5.96. The molecule has 3 aromatic rings. The summed E-state index contributed by atoms with van der Waals surface area (Å²) in [6.45, 7) is 1.58. The average Bonchev–Trinajstić information content (AvgIpc) is 2.55. The van der Waals surface area contributed by atoms with E-state index >= 15 is 0 Å². The summed E-state index contributed by atoms with van der Waals surface area (Å²) in [7, 11) is 0. The Morgan fingerprint density at radius 3 is 2.52 bits per heavy atom. The van der Waals surface area contributed by atoms with Crippen molar-refractivity contribution in [2.24, 2.45) is 4.99 Å². The second kappa shape index (κ2) is 6.48. The topological polar surface area (TPSA) is 113 Å². The fourth-order valence-corrected chi connectivity index (χ4v) is 2.51. The van der Waals surface area contributed by atoms with Crippen molar-refractivity contribution in [3.05, 3.63) is 81.0 Å². The minimum absolute atomic E-state index is 0.0779. The zero-order chi connectivity index (χ0) is 18.0. The van der Waals surface area contributed by atoms with Crippen LogP contribution in [0, 0.1) is 0 Å². The van der Waals surface area contributed by atoms with E-state index in [1.54, 1.807) is 61.5 Å². The summed E-state index contributed by atoms with van der Waals surface area (Å²) in [5, 5.41) is 10.5. The minimum Gasteiger partial charge on any atom is -0.493 e. The standard InChI is InChI=1S/C18H16N4O3/c1-11(20-13-7-5-6-12(19)10-13)15-16(23)21-18(25)22(17(15)24)14-8-3-2-4-9-14/h2-10,24H,19H2,1H3,(H,21,23,25). The first-order chi connectivity index (χ1) is 12.0. The molecule has 2 aromatic carbocycles. The van der Waals surface area contributed by atoms with Gasteiger partial charge in [-0.2, -0.15) is 0 Å².